The predicted molar refractivity (Wildman–Crippen MR) is 148 cm³/mol. The van der Waals surface area contributed by atoms with Crippen LogP contribution in [0.2, 0.25) is 0 Å². The normalized spacial score (nSPS) is 32.7. The monoisotopic (exact) mass is 595 g/mol. The first-order valence-electron chi connectivity index (χ1n) is 15.3. The Bertz CT molecular complexity index is 1550. The van der Waals surface area contributed by atoms with Crippen molar-refractivity contribution in [3.63, 3.8) is 0 Å². The Hall–Kier alpha value is -3.37. The Morgan fingerprint density at radius 2 is 1.70 bits per heavy atom. The van der Waals surface area contributed by atoms with Gasteiger partial charge < -0.3 is 9.42 Å². The van der Waals surface area contributed by atoms with Gasteiger partial charge in [-0.3, -0.25) is 4.79 Å². The average molecular weight is 596 g/mol. The SMILES string of the molecule is O=C(CC12CC(F)(C1)C2)N(CC12CCC(c3nc(C4CC4)no3)(CC1)CC2)c1cccc(-c2nccc(C(F)(F)F)n2)c1. The zero-order chi connectivity index (χ0) is 29.7. The fourth-order valence-corrected chi connectivity index (χ4v) is 8.37. The molecule has 0 saturated heterocycles. The van der Waals surface area contributed by atoms with Crippen LogP contribution in [-0.2, 0) is 16.4 Å². The lowest BCUT2D eigenvalue weighted by Crippen LogP contribution is -2.65. The van der Waals surface area contributed by atoms with Crippen molar-refractivity contribution >= 4 is 11.6 Å². The average Bonchev–Trinajstić information content (AvgIpc) is 3.70. The molecule has 7 saturated carbocycles. The van der Waals surface area contributed by atoms with Crippen LogP contribution >= 0.6 is 0 Å². The first-order valence-corrected chi connectivity index (χ1v) is 15.3. The molecule has 2 heterocycles. The number of carbonyl (C=O) groups is 1. The molecule has 0 N–H and O–H groups in total. The molecule has 1 aromatic carbocycles. The van der Waals surface area contributed by atoms with Crippen LogP contribution in [0.1, 0.15) is 100 Å². The van der Waals surface area contributed by atoms with Crippen molar-refractivity contribution in [2.24, 2.45) is 10.8 Å². The quantitative estimate of drug-likeness (QED) is 0.254. The molecule has 7 aliphatic carbocycles. The lowest BCUT2D eigenvalue weighted by molar-refractivity contribution is -0.215. The second kappa shape index (κ2) is 9.08. The van der Waals surface area contributed by atoms with Crippen LogP contribution in [0, 0.1) is 10.8 Å². The van der Waals surface area contributed by atoms with E-state index in [2.05, 4.69) is 15.1 Å². The molecule has 2 aromatic heterocycles. The number of fused-ring (bicyclic) bond motifs is 3. The Balaban J connectivity index is 1.06. The van der Waals surface area contributed by atoms with Crippen molar-refractivity contribution in [2.75, 3.05) is 11.4 Å². The number of rotatable bonds is 8. The molecule has 7 nitrogen and oxygen atoms in total. The van der Waals surface area contributed by atoms with Gasteiger partial charge in [-0.1, -0.05) is 17.3 Å². The third kappa shape index (κ3) is 4.65. The number of halogens is 4. The number of carbonyl (C=O) groups excluding carboxylic acids is 1. The number of amides is 1. The molecule has 0 aliphatic heterocycles. The van der Waals surface area contributed by atoms with Gasteiger partial charge in [0.15, 0.2) is 11.6 Å². The molecule has 0 atom stereocenters. The van der Waals surface area contributed by atoms with Crippen LogP contribution in [0.15, 0.2) is 41.1 Å². The molecular weight excluding hydrogens is 562 g/mol. The second-order valence-electron chi connectivity index (χ2n) is 14.2. The Morgan fingerprint density at radius 3 is 2.35 bits per heavy atom. The molecule has 1 amide bonds. The minimum absolute atomic E-state index is 0.0497. The van der Waals surface area contributed by atoms with E-state index >= 15 is 0 Å². The number of benzene rings is 1. The fraction of sp³-hybridized carbons (Fsp3) is 0.594. The molecule has 226 valence electrons. The van der Waals surface area contributed by atoms with E-state index in [1.165, 1.54) is 0 Å². The van der Waals surface area contributed by atoms with E-state index in [0.29, 0.717) is 43.0 Å². The van der Waals surface area contributed by atoms with E-state index in [0.717, 1.165) is 75.3 Å². The first kappa shape index (κ1) is 27.2. The minimum atomic E-state index is -4.59. The third-order valence-corrected chi connectivity index (χ3v) is 11.0. The van der Waals surface area contributed by atoms with E-state index in [9.17, 15) is 22.4 Å². The first-order chi connectivity index (χ1) is 20.5. The van der Waals surface area contributed by atoms with Crippen LogP contribution in [-0.4, -0.2) is 38.2 Å². The number of nitrogens with zero attached hydrogens (tertiary/aromatic N) is 5. The maximum Gasteiger partial charge on any atom is 0.433 e. The van der Waals surface area contributed by atoms with Crippen LogP contribution in [0.5, 0.6) is 0 Å². The largest absolute Gasteiger partial charge is 0.433 e. The van der Waals surface area contributed by atoms with E-state index in [1.807, 2.05) is 6.07 Å². The summed E-state index contributed by atoms with van der Waals surface area (Å²) in [5, 5.41) is 4.26. The highest BCUT2D eigenvalue weighted by atomic mass is 19.4. The van der Waals surface area contributed by atoms with E-state index in [4.69, 9.17) is 9.51 Å². The summed E-state index contributed by atoms with van der Waals surface area (Å²) in [4.78, 5) is 28.5. The number of anilines is 1. The minimum Gasteiger partial charge on any atom is -0.339 e. The molecular formula is C32H33F4N5O2. The van der Waals surface area contributed by atoms with Crippen LogP contribution in [0.4, 0.5) is 23.2 Å². The molecule has 0 unspecified atom stereocenters. The molecule has 3 aromatic rings. The topological polar surface area (TPSA) is 85.0 Å². The number of alkyl halides is 4. The van der Waals surface area contributed by atoms with Gasteiger partial charge in [-0.15, -0.1) is 0 Å². The summed E-state index contributed by atoms with van der Waals surface area (Å²) in [6, 6.07) is 7.75. The summed E-state index contributed by atoms with van der Waals surface area (Å²) in [6.45, 7) is 0.503. The highest BCUT2D eigenvalue weighted by Crippen LogP contribution is 2.71. The van der Waals surface area contributed by atoms with Gasteiger partial charge in [0.1, 0.15) is 11.4 Å². The zero-order valence-electron chi connectivity index (χ0n) is 23.8. The molecule has 7 aliphatic rings. The van der Waals surface area contributed by atoms with Crippen LogP contribution in [0.25, 0.3) is 11.4 Å². The molecule has 43 heavy (non-hydrogen) atoms. The smallest absolute Gasteiger partial charge is 0.339 e. The Morgan fingerprint density at radius 1 is 0.977 bits per heavy atom. The highest BCUT2D eigenvalue weighted by Gasteiger charge is 2.69. The van der Waals surface area contributed by atoms with Gasteiger partial charge in [0, 0.05) is 41.7 Å². The van der Waals surface area contributed by atoms with Crippen molar-refractivity contribution in [1.82, 2.24) is 20.1 Å². The van der Waals surface area contributed by atoms with Gasteiger partial charge >= 0.3 is 6.18 Å². The van der Waals surface area contributed by atoms with E-state index in [1.54, 1.807) is 23.1 Å². The van der Waals surface area contributed by atoms with Crippen LogP contribution in [0.3, 0.4) is 0 Å². The Labute approximate surface area is 246 Å². The van der Waals surface area contributed by atoms with Crippen molar-refractivity contribution in [2.45, 2.75) is 100 Å². The maximum absolute atomic E-state index is 14.3. The number of hydrogen-bond acceptors (Lipinski definition) is 6. The molecule has 7 fully saturated rings. The summed E-state index contributed by atoms with van der Waals surface area (Å²) >= 11 is 0. The van der Waals surface area contributed by atoms with Crippen molar-refractivity contribution in [1.29, 1.82) is 0 Å². The van der Waals surface area contributed by atoms with Gasteiger partial charge in [0.2, 0.25) is 11.8 Å². The standard InChI is InChI=1S/C32H33F4N5O2/c33-31-16-29(17-31,18-31)15-24(42)41(22-3-1-2-21(14-22)25-37-13-6-23(38-25)32(34,35)36)19-28-7-10-30(11-8-28,12-9-28)27-39-26(40-43-27)20-4-5-20/h1-3,6,13-14,20H,4-5,7-12,15-19H2. The van der Waals surface area contributed by atoms with Crippen molar-refractivity contribution in [3.8, 4) is 11.4 Å². The van der Waals surface area contributed by atoms with Gasteiger partial charge in [0.05, 0.1) is 0 Å². The summed E-state index contributed by atoms with van der Waals surface area (Å²) in [5.41, 5.74) is -1.59. The van der Waals surface area contributed by atoms with Crippen molar-refractivity contribution in [3.05, 3.63) is 53.9 Å². The van der Waals surface area contributed by atoms with Crippen molar-refractivity contribution < 1.29 is 26.9 Å². The van der Waals surface area contributed by atoms with Gasteiger partial charge in [0.25, 0.3) is 0 Å². The zero-order valence-corrected chi connectivity index (χ0v) is 23.8. The second-order valence-corrected chi connectivity index (χ2v) is 14.2. The summed E-state index contributed by atoms with van der Waals surface area (Å²) in [7, 11) is 0. The molecule has 11 heteroatoms. The summed E-state index contributed by atoms with van der Waals surface area (Å²) in [6.07, 6.45) is 5.77. The molecule has 4 bridgehead atoms. The van der Waals surface area contributed by atoms with Crippen LogP contribution < -0.4 is 4.90 Å². The predicted octanol–water partition coefficient (Wildman–Crippen LogP) is 7.33. The van der Waals surface area contributed by atoms with E-state index in [-0.39, 0.29) is 34.4 Å². The molecule has 10 rings (SSSR count). The van der Waals surface area contributed by atoms with Gasteiger partial charge in [-0.2, -0.15) is 18.2 Å². The number of hydrogen-bond donors (Lipinski definition) is 0. The fourth-order valence-electron chi connectivity index (χ4n) is 8.37. The van der Waals surface area contributed by atoms with Gasteiger partial charge in [-0.05, 0) is 99.7 Å². The number of aromatic nitrogens is 4. The molecule has 0 spiro atoms. The lowest BCUT2D eigenvalue weighted by atomic mass is 9.41. The maximum atomic E-state index is 14.3. The van der Waals surface area contributed by atoms with E-state index < -0.39 is 17.5 Å². The lowest BCUT2D eigenvalue weighted by Gasteiger charge is -2.66. The van der Waals surface area contributed by atoms with Gasteiger partial charge in [-0.25, -0.2) is 14.4 Å². The summed E-state index contributed by atoms with van der Waals surface area (Å²) in [5.74, 6) is 1.91. The highest BCUT2D eigenvalue weighted by molar-refractivity contribution is 5.94. The summed E-state index contributed by atoms with van der Waals surface area (Å²) < 4.78 is 60.2. The third-order valence-electron chi connectivity index (χ3n) is 11.0. The Kier molecular flexibility index (Phi) is 5.74. The molecule has 0 radical (unpaired) electrons.